The second-order valence-corrected chi connectivity index (χ2v) is 3.01. The summed E-state index contributed by atoms with van der Waals surface area (Å²) in [7, 11) is 0. The van der Waals surface area contributed by atoms with Crippen LogP contribution in [-0.2, 0) is 0 Å². The number of aliphatic hydroxyl groups is 1. The van der Waals surface area contributed by atoms with Crippen LogP contribution in [0.15, 0.2) is 0 Å². The van der Waals surface area contributed by atoms with E-state index in [0.717, 1.165) is 0 Å². The molecule has 0 heterocycles. The van der Waals surface area contributed by atoms with Gasteiger partial charge in [-0.15, -0.1) is 0 Å². The average molecular weight is 149 g/mol. The van der Waals surface area contributed by atoms with E-state index >= 15 is 0 Å². The summed E-state index contributed by atoms with van der Waals surface area (Å²) in [4.78, 5) is 0. The molecule has 10 heavy (non-hydrogen) atoms. The summed E-state index contributed by atoms with van der Waals surface area (Å²) in [6.07, 6.45) is 0.517. The van der Waals surface area contributed by atoms with E-state index in [1.807, 2.05) is 13.8 Å². The molecule has 0 rings (SSSR count). The van der Waals surface area contributed by atoms with Gasteiger partial charge in [-0.05, 0) is 26.8 Å². The van der Waals surface area contributed by atoms with Crippen molar-refractivity contribution in [2.75, 3.05) is 19.8 Å². The van der Waals surface area contributed by atoms with E-state index in [0.29, 0.717) is 13.0 Å². The van der Waals surface area contributed by atoms with Gasteiger partial charge in [0.2, 0.25) is 0 Å². The van der Waals surface area contributed by atoms with Crippen molar-refractivity contribution in [3.05, 3.63) is 0 Å². The zero-order valence-corrected chi connectivity index (χ0v) is 6.65. The topological polar surface area (TPSA) is 32.3 Å². The number of rotatable bonds is 5. The highest BCUT2D eigenvalue weighted by atomic mass is 19.1. The number of hydrogen-bond donors (Lipinski definition) is 2. The minimum absolute atomic E-state index is 0.0826. The van der Waals surface area contributed by atoms with Crippen molar-refractivity contribution < 1.29 is 9.50 Å². The Morgan fingerprint density at radius 2 is 2.10 bits per heavy atom. The average Bonchev–Trinajstić information content (AvgIpc) is 1.89. The van der Waals surface area contributed by atoms with Crippen molar-refractivity contribution in [2.24, 2.45) is 0 Å². The molecule has 0 bridgehead atoms. The molecule has 0 saturated heterocycles. The van der Waals surface area contributed by atoms with Crippen LogP contribution in [0.3, 0.4) is 0 Å². The number of hydrogen-bond acceptors (Lipinski definition) is 2. The number of nitrogens with one attached hydrogen (secondary N) is 1. The zero-order valence-electron chi connectivity index (χ0n) is 6.65. The third-order valence-electron chi connectivity index (χ3n) is 1.31. The molecular weight excluding hydrogens is 133 g/mol. The second-order valence-electron chi connectivity index (χ2n) is 3.01. The molecule has 62 valence electrons. The molecule has 0 aromatic heterocycles. The third-order valence-corrected chi connectivity index (χ3v) is 1.31. The minimum atomic E-state index is -0.297. The van der Waals surface area contributed by atoms with Crippen LogP contribution < -0.4 is 5.32 Å². The molecular formula is C7H16FNO. The smallest absolute Gasteiger partial charge is 0.0906 e. The van der Waals surface area contributed by atoms with Crippen molar-refractivity contribution in [1.29, 1.82) is 0 Å². The van der Waals surface area contributed by atoms with Crippen LogP contribution in [0.25, 0.3) is 0 Å². The van der Waals surface area contributed by atoms with Crippen LogP contribution in [0.5, 0.6) is 0 Å². The van der Waals surface area contributed by atoms with E-state index < -0.39 is 0 Å². The molecule has 0 aliphatic carbocycles. The molecule has 0 aromatic carbocycles. The SMILES string of the molecule is CC(C)(CO)NCCCF. The first-order chi connectivity index (χ1) is 4.62. The molecule has 0 unspecified atom stereocenters. The lowest BCUT2D eigenvalue weighted by atomic mass is 10.1. The Morgan fingerprint density at radius 1 is 1.50 bits per heavy atom. The van der Waals surface area contributed by atoms with Crippen molar-refractivity contribution in [2.45, 2.75) is 25.8 Å². The van der Waals surface area contributed by atoms with E-state index in [1.54, 1.807) is 0 Å². The summed E-state index contributed by atoms with van der Waals surface area (Å²) < 4.78 is 11.6. The predicted octanol–water partition coefficient (Wildman–Crippen LogP) is 0.706. The van der Waals surface area contributed by atoms with Crippen molar-refractivity contribution >= 4 is 0 Å². The van der Waals surface area contributed by atoms with Crippen molar-refractivity contribution in [3.63, 3.8) is 0 Å². The minimum Gasteiger partial charge on any atom is -0.394 e. The second kappa shape index (κ2) is 4.63. The van der Waals surface area contributed by atoms with E-state index in [9.17, 15) is 4.39 Å². The summed E-state index contributed by atoms with van der Waals surface area (Å²) in [6.45, 7) is 4.17. The van der Waals surface area contributed by atoms with E-state index in [-0.39, 0.29) is 18.8 Å². The Balaban J connectivity index is 3.28. The molecule has 3 heteroatoms. The highest BCUT2D eigenvalue weighted by Gasteiger charge is 2.13. The van der Waals surface area contributed by atoms with Gasteiger partial charge in [-0.2, -0.15) is 0 Å². The quantitative estimate of drug-likeness (QED) is 0.564. The summed E-state index contributed by atoms with van der Waals surface area (Å²) in [5.74, 6) is 0. The van der Waals surface area contributed by atoms with Crippen LogP contribution in [0, 0.1) is 0 Å². The fraction of sp³-hybridized carbons (Fsp3) is 1.00. The summed E-state index contributed by atoms with van der Waals surface area (Å²) in [5.41, 5.74) is -0.269. The molecule has 0 aliphatic rings. The Kier molecular flexibility index (Phi) is 4.56. The van der Waals surface area contributed by atoms with Gasteiger partial charge in [-0.3, -0.25) is 4.39 Å². The molecule has 0 saturated carbocycles. The maximum atomic E-state index is 11.6. The summed E-state index contributed by atoms with van der Waals surface area (Å²) >= 11 is 0. The lowest BCUT2D eigenvalue weighted by Gasteiger charge is -2.22. The van der Waals surface area contributed by atoms with Crippen LogP contribution in [-0.4, -0.2) is 30.5 Å². The van der Waals surface area contributed by atoms with Gasteiger partial charge in [-0.25, -0.2) is 0 Å². The van der Waals surface area contributed by atoms with E-state index in [1.165, 1.54) is 0 Å². The highest BCUT2D eigenvalue weighted by molar-refractivity contribution is 4.75. The van der Waals surface area contributed by atoms with E-state index in [2.05, 4.69) is 5.32 Å². The van der Waals surface area contributed by atoms with Crippen LogP contribution >= 0.6 is 0 Å². The van der Waals surface area contributed by atoms with Gasteiger partial charge in [0.15, 0.2) is 0 Å². The normalized spacial score (nSPS) is 12.0. The Bertz CT molecular complexity index is 85.7. The zero-order chi connectivity index (χ0) is 8.04. The predicted molar refractivity (Wildman–Crippen MR) is 39.8 cm³/mol. The van der Waals surface area contributed by atoms with Crippen molar-refractivity contribution in [3.8, 4) is 0 Å². The molecule has 0 aliphatic heterocycles. The summed E-state index contributed by atoms with van der Waals surface area (Å²) in [5, 5.41) is 11.8. The van der Waals surface area contributed by atoms with Crippen molar-refractivity contribution in [1.82, 2.24) is 5.32 Å². The Labute approximate surface area is 61.4 Å². The van der Waals surface area contributed by atoms with Crippen LogP contribution in [0.1, 0.15) is 20.3 Å². The van der Waals surface area contributed by atoms with Gasteiger partial charge < -0.3 is 10.4 Å². The molecule has 2 N–H and O–H groups in total. The van der Waals surface area contributed by atoms with Gasteiger partial charge in [0.1, 0.15) is 0 Å². The fourth-order valence-electron chi connectivity index (χ4n) is 0.549. The maximum Gasteiger partial charge on any atom is 0.0906 e. The monoisotopic (exact) mass is 149 g/mol. The number of alkyl halides is 1. The first-order valence-electron chi connectivity index (χ1n) is 3.54. The first kappa shape index (κ1) is 9.85. The summed E-state index contributed by atoms with van der Waals surface area (Å²) in [6, 6.07) is 0. The number of halogens is 1. The molecule has 0 spiro atoms. The molecule has 0 radical (unpaired) electrons. The Hall–Kier alpha value is -0.150. The van der Waals surface area contributed by atoms with Gasteiger partial charge in [0.05, 0.1) is 13.3 Å². The third kappa shape index (κ3) is 4.70. The molecule has 0 fully saturated rings. The first-order valence-corrected chi connectivity index (χ1v) is 3.54. The molecule has 0 amide bonds. The number of aliphatic hydroxyl groups excluding tert-OH is 1. The van der Waals surface area contributed by atoms with Gasteiger partial charge >= 0.3 is 0 Å². The molecule has 0 aromatic rings. The van der Waals surface area contributed by atoms with Crippen LogP contribution in [0.2, 0.25) is 0 Å². The van der Waals surface area contributed by atoms with Gasteiger partial charge in [0.25, 0.3) is 0 Å². The van der Waals surface area contributed by atoms with Crippen LogP contribution in [0.4, 0.5) is 4.39 Å². The lowest BCUT2D eigenvalue weighted by molar-refractivity contribution is 0.187. The van der Waals surface area contributed by atoms with Gasteiger partial charge in [-0.1, -0.05) is 0 Å². The maximum absolute atomic E-state index is 11.6. The largest absolute Gasteiger partial charge is 0.394 e. The Morgan fingerprint density at radius 3 is 2.50 bits per heavy atom. The lowest BCUT2D eigenvalue weighted by Crippen LogP contribution is -2.43. The van der Waals surface area contributed by atoms with Gasteiger partial charge in [0, 0.05) is 5.54 Å². The highest BCUT2D eigenvalue weighted by Crippen LogP contribution is 1.98. The van der Waals surface area contributed by atoms with E-state index in [4.69, 9.17) is 5.11 Å². The standard InChI is InChI=1S/C7H16FNO/c1-7(2,6-10)9-5-3-4-8/h9-10H,3-6H2,1-2H3. The fourth-order valence-corrected chi connectivity index (χ4v) is 0.549. The molecule has 0 atom stereocenters. The molecule has 2 nitrogen and oxygen atoms in total.